The van der Waals surface area contributed by atoms with E-state index in [1.54, 1.807) is 0 Å². The molecule has 1 aliphatic heterocycles. The van der Waals surface area contributed by atoms with Crippen molar-refractivity contribution < 1.29 is 18.1 Å². The third-order valence-corrected chi connectivity index (χ3v) is 5.14. The van der Waals surface area contributed by atoms with Crippen LogP contribution in [0.15, 0.2) is 23.1 Å². The number of anilines is 1. The van der Waals surface area contributed by atoms with Crippen LogP contribution in [0.2, 0.25) is 0 Å². The van der Waals surface area contributed by atoms with Gasteiger partial charge >= 0.3 is 0 Å². The average molecular weight is 329 g/mol. The van der Waals surface area contributed by atoms with Crippen LogP contribution in [-0.4, -0.2) is 46.2 Å². The molecule has 0 spiro atoms. The van der Waals surface area contributed by atoms with Crippen LogP contribution in [-0.2, 0) is 14.8 Å². The highest BCUT2D eigenvalue weighted by molar-refractivity contribution is 7.89. The molecule has 1 aromatic rings. The first-order valence-electron chi connectivity index (χ1n) is 6.97. The van der Waals surface area contributed by atoms with Gasteiger partial charge in [-0.1, -0.05) is 6.92 Å². The van der Waals surface area contributed by atoms with Crippen molar-refractivity contribution in [3.8, 4) is 0 Å². The largest absolute Gasteiger partial charge is 0.377 e. The summed E-state index contributed by atoms with van der Waals surface area (Å²) in [5.41, 5.74) is 0.215. The lowest BCUT2D eigenvalue weighted by Crippen LogP contribution is -2.45. The number of nitro benzene ring substituents is 1. The standard InChI is InChI=1S/C13H19N3O5S/c1-3-10-9-21-7-6-15(10)12-5-4-11(22(19,20)14-2)8-13(12)16(17)18/h4-5,8,10,14H,3,6-7,9H2,1-2H3. The van der Waals surface area contributed by atoms with E-state index in [2.05, 4.69) is 4.72 Å². The van der Waals surface area contributed by atoms with Gasteiger partial charge in [0.25, 0.3) is 5.69 Å². The van der Waals surface area contributed by atoms with E-state index >= 15 is 0 Å². The number of sulfonamides is 1. The van der Waals surface area contributed by atoms with Gasteiger partial charge in [0.2, 0.25) is 10.0 Å². The van der Waals surface area contributed by atoms with E-state index in [9.17, 15) is 18.5 Å². The van der Waals surface area contributed by atoms with Crippen LogP contribution in [0.4, 0.5) is 11.4 Å². The molecule has 1 saturated heterocycles. The highest BCUT2D eigenvalue weighted by Gasteiger charge is 2.29. The molecule has 122 valence electrons. The predicted octanol–water partition coefficient (Wildman–Crippen LogP) is 1.12. The second-order valence-electron chi connectivity index (χ2n) is 4.95. The molecule has 0 radical (unpaired) electrons. The van der Waals surface area contributed by atoms with E-state index in [1.807, 2.05) is 11.8 Å². The Balaban J connectivity index is 2.50. The average Bonchev–Trinajstić information content (AvgIpc) is 2.54. The molecule has 0 saturated carbocycles. The topological polar surface area (TPSA) is 102 Å². The minimum atomic E-state index is -3.72. The molecular weight excluding hydrogens is 310 g/mol. The van der Waals surface area contributed by atoms with Gasteiger partial charge in [-0.25, -0.2) is 13.1 Å². The fourth-order valence-electron chi connectivity index (χ4n) is 2.49. The summed E-state index contributed by atoms with van der Waals surface area (Å²) in [7, 11) is -2.45. The maximum atomic E-state index is 11.8. The minimum absolute atomic E-state index is 0.0409. The number of hydrogen-bond acceptors (Lipinski definition) is 6. The van der Waals surface area contributed by atoms with Crippen molar-refractivity contribution in [1.82, 2.24) is 4.72 Å². The molecule has 1 heterocycles. The quantitative estimate of drug-likeness (QED) is 0.641. The molecule has 0 amide bonds. The molecule has 9 heteroatoms. The monoisotopic (exact) mass is 329 g/mol. The van der Waals surface area contributed by atoms with Gasteiger partial charge in [-0.3, -0.25) is 10.1 Å². The fourth-order valence-corrected chi connectivity index (χ4v) is 3.24. The maximum Gasteiger partial charge on any atom is 0.293 e. The van der Waals surface area contributed by atoms with E-state index in [4.69, 9.17) is 4.74 Å². The van der Waals surface area contributed by atoms with E-state index in [0.717, 1.165) is 12.5 Å². The second-order valence-corrected chi connectivity index (χ2v) is 6.83. The molecule has 0 aliphatic carbocycles. The Kier molecular flexibility index (Phi) is 4.99. The lowest BCUT2D eigenvalue weighted by atomic mass is 10.1. The Morgan fingerprint density at radius 1 is 1.50 bits per heavy atom. The number of nitrogens with zero attached hydrogens (tertiary/aromatic N) is 2. The van der Waals surface area contributed by atoms with Gasteiger partial charge in [0.15, 0.2) is 0 Å². The third-order valence-electron chi connectivity index (χ3n) is 3.73. The number of hydrogen-bond donors (Lipinski definition) is 1. The van der Waals surface area contributed by atoms with Crippen LogP contribution in [0.1, 0.15) is 13.3 Å². The van der Waals surface area contributed by atoms with E-state index in [-0.39, 0.29) is 16.6 Å². The number of benzene rings is 1. The zero-order valence-corrected chi connectivity index (χ0v) is 13.3. The summed E-state index contributed by atoms with van der Waals surface area (Å²) in [6.45, 7) is 3.52. The summed E-state index contributed by atoms with van der Waals surface area (Å²) in [5, 5.41) is 11.4. The van der Waals surface area contributed by atoms with Crippen molar-refractivity contribution >= 4 is 21.4 Å². The molecule has 1 unspecified atom stereocenters. The molecule has 1 aromatic carbocycles. The van der Waals surface area contributed by atoms with Crippen LogP contribution in [0.5, 0.6) is 0 Å². The van der Waals surface area contributed by atoms with Crippen LogP contribution >= 0.6 is 0 Å². The number of nitro groups is 1. The third kappa shape index (κ3) is 3.21. The molecule has 1 fully saturated rings. The maximum absolute atomic E-state index is 11.8. The lowest BCUT2D eigenvalue weighted by molar-refractivity contribution is -0.384. The first kappa shape index (κ1) is 16.7. The lowest BCUT2D eigenvalue weighted by Gasteiger charge is -2.36. The smallest absolute Gasteiger partial charge is 0.293 e. The minimum Gasteiger partial charge on any atom is -0.377 e. The van der Waals surface area contributed by atoms with Gasteiger partial charge in [-0.2, -0.15) is 0 Å². The number of morpholine rings is 1. The zero-order chi connectivity index (χ0) is 16.3. The zero-order valence-electron chi connectivity index (χ0n) is 12.5. The van der Waals surface area contributed by atoms with Gasteiger partial charge in [-0.05, 0) is 25.6 Å². The van der Waals surface area contributed by atoms with Crippen molar-refractivity contribution in [3.63, 3.8) is 0 Å². The molecule has 8 nitrogen and oxygen atoms in total. The van der Waals surface area contributed by atoms with Crippen molar-refractivity contribution in [2.45, 2.75) is 24.3 Å². The van der Waals surface area contributed by atoms with Gasteiger partial charge in [0.05, 0.1) is 29.1 Å². The molecule has 2 rings (SSSR count). The summed E-state index contributed by atoms with van der Waals surface area (Å²) >= 11 is 0. The molecular formula is C13H19N3O5S. The number of nitrogens with one attached hydrogen (secondary N) is 1. The molecule has 1 N–H and O–H groups in total. The summed E-state index contributed by atoms with van der Waals surface area (Å²) in [6.07, 6.45) is 0.785. The van der Waals surface area contributed by atoms with E-state index in [0.29, 0.717) is 25.4 Å². The van der Waals surface area contributed by atoms with Gasteiger partial charge in [-0.15, -0.1) is 0 Å². The van der Waals surface area contributed by atoms with Crippen molar-refractivity contribution in [2.24, 2.45) is 0 Å². The summed E-state index contributed by atoms with van der Waals surface area (Å²) < 4.78 is 31.2. The highest BCUT2D eigenvalue weighted by Crippen LogP contribution is 2.33. The summed E-state index contributed by atoms with van der Waals surface area (Å²) in [5.74, 6) is 0. The summed E-state index contributed by atoms with van der Waals surface area (Å²) in [6, 6.07) is 4.02. The summed E-state index contributed by atoms with van der Waals surface area (Å²) in [4.78, 5) is 12.6. The van der Waals surface area contributed by atoms with E-state index < -0.39 is 14.9 Å². The fraction of sp³-hybridized carbons (Fsp3) is 0.538. The van der Waals surface area contributed by atoms with Crippen LogP contribution in [0, 0.1) is 10.1 Å². The molecule has 0 aromatic heterocycles. The molecule has 22 heavy (non-hydrogen) atoms. The van der Waals surface area contributed by atoms with Crippen LogP contribution in [0.3, 0.4) is 0 Å². The first-order chi connectivity index (χ1) is 10.4. The Morgan fingerprint density at radius 2 is 2.23 bits per heavy atom. The first-order valence-corrected chi connectivity index (χ1v) is 8.45. The molecule has 1 aliphatic rings. The molecule has 1 atom stereocenters. The second kappa shape index (κ2) is 6.59. The normalized spacial score (nSPS) is 19.2. The van der Waals surface area contributed by atoms with E-state index in [1.165, 1.54) is 19.2 Å². The van der Waals surface area contributed by atoms with Crippen LogP contribution < -0.4 is 9.62 Å². The number of ether oxygens (including phenoxy) is 1. The highest BCUT2D eigenvalue weighted by atomic mass is 32.2. The van der Waals surface area contributed by atoms with Gasteiger partial charge < -0.3 is 9.64 Å². The predicted molar refractivity (Wildman–Crippen MR) is 81.6 cm³/mol. The SMILES string of the molecule is CCC1COCCN1c1ccc(S(=O)(=O)NC)cc1[N+](=O)[O-]. The Morgan fingerprint density at radius 3 is 2.82 bits per heavy atom. The Hall–Kier alpha value is -1.71. The number of rotatable bonds is 5. The van der Waals surface area contributed by atoms with Crippen molar-refractivity contribution in [3.05, 3.63) is 28.3 Å². The Labute approximate surface area is 129 Å². The van der Waals surface area contributed by atoms with Crippen molar-refractivity contribution in [1.29, 1.82) is 0 Å². The van der Waals surface area contributed by atoms with Gasteiger partial charge in [0.1, 0.15) is 5.69 Å². The Bertz CT molecular complexity index is 662. The van der Waals surface area contributed by atoms with Crippen molar-refractivity contribution in [2.75, 3.05) is 31.7 Å². The van der Waals surface area contributed by atoms with Gasteiger partial charge in [0, 0.05) is 12.6 Å². The van der Waals surface area contributed by atoms with Crippen LogP contribution in [0.25, 0.3) is 0 Å². The molecule has 0 bridgehead atoms.